The van der Waals surface area contributed by atoms with Crippen LogP contribution in [0, 0.1) is 0 Å². The van der Waals surface area contributed by atoms with Crippen LogP contribution in [-0.2, 0) is 0 Å². The van der Waals surface area contributed by atoms with Crippen LogP contribution in [0.2, 0.25) is 0 Å². The molecule has 0 fully saturated rings. The number of rotatable bonds is 4. The number of hydrogen-bond acceptors (Lipinski definition) is 2. The minimum absolute atomic E-state index is 0.846. The van der Waals surface area contributed by atoms with E-state index < -0.39 is 0 Å². The maximum Gasteiger partial charge on any atom is 0.116 e. The summed E-state index contributed by atoms with van der Waals surface area (Å²) in [5.41, 5.74) is 3.75. The van der Waals surface area contributed by atoms with Crippen LogP contribution in [0.3, 0.4) is 0 Å². The van der Waals surface area contributed by atoms with Crippen LogP contribution in [-0.4, -0.2) is 9.97 Å². The Labute approximate surface area is 107 Å². The summed E-state index contributed by atoms with van der Waals surface area (Å²) in [7, 11) is 0. The molecule has 0 saturated heterocycles. The Morgan fingerprint density at radius 1 is 1.06 bits per heavy atom. The van der Waals surface area contributed by atoms with Gasteiger partial charge in [-0.15, -0.1) is 0 Å². The molecule has 88 valence electrons. The van der Waals surface area contributed by atoms with Gasteiger partial charge < -0.3 is 0 Å². The van der Waals surface area contributed by atoms with E-state index in [2.05, 4.69) is 23.1 Å². The van der Waals surface area contributed by atoms with Crippen LogP contribution in [0.1, 0.15) is 5.69 Å². The van der Waals surface area contributed by atoms with E-state index in [-0.39, 0.29) is 0 Å². The van der Waals surface area contributed by atoms with Gasteiger partial charge in [-0.05, 0) is 11.6 Å². The summed E-state index contributed by atoms with van der Waals surface area (Å²) in [5.74, 6) is 0. The van der Waals surface area contributed by atoms with Crippen molar-refractivity contribution in [2.75, 3.05) is 0 Å². The van der Waals surface area contributed by atoms with E-state index in [1.54, 1.807) is 18.5 Å². The van der Waals surface area contributed by atoms with E-state index in [0.29, 0.717) is 0 Å². The molecule has 0 amide bonds. The van der Waals surface area contributed by atoms with Crippen molar-refractivity contribution in [2.24, 2.45) is 0 Å². The van der Waals surface area contributed by atoms with E-state index >= 15 is 0 Å². The topological polar surface area (TPSA) is 25.8 Å². The summed E-state index contributed by atoms with van der Waals surface area (Å²) in [6.45, 7) is 7.47. The maximum absolute atomic E-state index is 4.29. The van der Waals surface area contributed by atoms with Gasteiger partial charge in [-0.2, -0.15) is 0 Å². The van der Waals surface area contributed by atoms with E-state index in [0.717, 1.165) is 22.5 Å². The molecular weight excluding hydrogens is 220 g/mol. The van der Waals surface area contributed by atoms with Crippen LogP contribution < -0.4 is 0 Å². The summed E-state index contributed by atoms with van der Waals surface area (Å²) in [6, 6.07) is 12.0. The first kappa shape index (κ1) is 12.0. The molecule has 0 N–H and O–H groups in total. The largest absolute Gasteiger partial charge is 0.236 e. The van der Waals surface area contributed by atoms with E-state index in [4.69, 9.17) is 0 Å². The highest BCUT2D eigenvalue weighted by Crippen LogP contribution is 2.20. The average Bonchev–Trinajstić information content (AvgIpc) is 2.46. The second kappa shape index (κ2) is 5.73. The van der Waals surface area contributed by atoms with Gasteiger partial charge in [-0.3, -0.25) is 0 Å². The van der Waals surface area contributed by atoms with Gasteiger partial charge in [-0.1, -0.05) is 61.7 Å². The second-order valence-electron chi connectivity index (χ2n) is 3.72. The van der Waals surface area contributed by atoms with Crippen LogP contribution in [0.5, 0.6) is 0 Å². The monoisotopic (exact) mass is 234 g/mol. The molecule has 2 aromatic rings. The van der Waals surface area contributed by atoms with Crippen molar-refractivity contribution >= 4 is 5.57 Å². The molecule has 0 saturated carbocycles. The van der Waals surface area contributed by atoms with Crippen LogP contribution >= 0.6 is 0 Å². The third kappa shape index (κ3) is 2.61. The Kier molecular flexibility index (Phi) is 3.82. The Hall–Kier alpha value is -2.48. The highest BCUT2D eigenvalue weighted by Gasteiger charge is 2.03. The zero-order valence-electron chi connectivity index (χ0n) is 10.1. The molecule has 2 nitrogen and oxygen atoms in total. The number of allylic oxidation sites excluding steroid dienone is 4. The van der Waals surface area contributed by atoms with Crippen molar-refractivity contribution < 1.29 is 0 Å². The predicted molar refractivity (Wildman–Crippen MR) is 75.8 cm³/mol. The van der Waals surface area contributed by atoms with Crippen molar-refractivity contribution in [1.82, 2.24) is 9.97 Å². The van der Waals surface area contributed by atoms with Gasteiger partial charge in [0, 0.05) is 5.56 Å². The molecule has 1 aromatic heterocycles. The summed E-state index contributed by atoms with van der Waals surface area (Å²) in [4.78, 5) is 8.54. The Bertz CT molecular complexity index is 583. The fourth-order valence-corrected chi connectivity index (χ4v) is 1.67. The average molecular weight is 234 g/mol. The van der Waals surface area contributed by atoms with Crippen molar-refractivity contribution in [3.8, 4) is 11.3 Å². The Morgan fingerprint density at radius 3 is 2.50 bits per heavy atom. The smallest absolute Gasteiger partial charge is 0.116 e. The minimum Gasteiger partial charge on any atom is -0.236 e. The number of hydrogen-bond donors (Lipinski definition) is 0. The van der Waals surface area contributed by atoms with Crippen molar-refractivity contribution in [2.45, 2.75) is 0 Å². The van der Waals surface area contributed by atoms with Gasteiger partial charge in [-0.25, -0.2) is 9.97 Å². The summed E-state index contributed by atoms with van der Waals surface area (Å²) in [6.07, 6.45) is 6.93. The molecule has 0 spiro atoms. The van der Waals surface area contributed by atoms with E-state index in [1.165, 1.54) is 0 Å². The minimum atomic E-state index is 0.846. The molecule has 0 aliphatic rings. The zero-order chi connectivity index (χ0) is 12.8. The lowest BCUT2D eigenvalue weighted by Crippen LogP contribution is -1.91. The Morgan fingerprint density at radius 2 is 1.83 bits per heavy atom. The lowest BCUT2D eigenvalue weighted by atomic mass is 10.1. The number of nitrogens with zero attached hydrogens (tertiary/aromatic N) is 2. The van der Waals surface area contributed by atoms with E-state index in [1.807, 2.05) is 42.5 Å². The van der Waals surface area contributed by atoms with Crippen molar-refractivity contribution in [3.63, 3.8) is 0 Å². The highest BCUT2D eigenvalue weighted by atomic mass is 14.8. The normalized spacial score (nSPS) is 11.0. The molecule has 0 aliphatic heterocycles. The highest BCUT2D eigenvalue weighted by molar-refractivity contribution is 5.74. The van der Waals surface area contributed by atoms with Gasteiger partial charge in [0.05, 0.1) is 11.4 Å². The van der Waals surface area contributed by atoms with Crippen molar-refractivity contribution in [1.29, 1.82) is 0 Å². The SMILES string of the molecule is C=C/C=C(\C=C)c1cc(-c2ccccc2)ncn1. The van der Waals surface area contributed by atoms with E-state index in [9.17, 15) is 0 Å². The molecule has 1 heterocycles. The maximum atomic E-state index is 4.29. The predicted octanol–water partition coefficient (Wildman–Crippen LogP) is 3.90. The van der Waals surface area contributed by atoms with Gasteiger partial charge in [0.25, 0.3) is 0 Å². The van der Waals surface area contributed by atoms with Gasteiger partial charge in [0.1, 0.15) is 6.33 Å². The lowest BCUT2D eigenvalue weighted by Gasteiger charge is -2.04. The molecule has 0 bridgehead atoms. The molecule has 0 unspecified atom stereocenters. The quantitative estimate of drug-likeness (QED) is 0.750. The molecule has 1 aromatic carbocycles. The molecular formula is C16H14N2. The van der Waals surface area contributed by atoms with Crippen LogP contribution in [0.4, 0.5) is 0 Å². The summed E-state index contributed by atoms with van der Waals surface area (Å²) >= 11 is 0. The fraction of sp³-hybridized carbons (Fsp3) is 0. The Balaban J connectivity index is 2.45. The first-order valence-corrected chi connectivity index (χ1v) is 5.68. The van der Waals surface area contributed by atoms with Crippen LogP contribution in [0.25, 0.3) is 16.8 Å². The fourth-order valence-electron chi connectivity index (χ4n) is 1.67. The van der Waals surface area contributed by atoms with Crippen molar-refractivity contribution in [3.05, 3.63) is 79.8 Å². The second-order valence-corrected chi connectivity index (χ2v) is 3.72. The zero-order valence-corrected chi connectivity index (χ0v) is 10.1. The third-order valence-corrected chi connectivity index (χ3v) is 2.55. The molecule has 0 radical (unpaired) electrons. The van der Waals surface area contributed by atoms with Gasteiger partial charge in [0.2, 0.25) is 0 Å². The summed E-state index contributed by atoms with van der Waals surface area (Å²) < 4.78 is 0. The number of benzene rings is 1. The molecule has 0 aliphatic carbocycles. The standard InChI is InChI=1S/C16H14N2/c1-3-8-13(4-2)15-11-16(18-12-17-15)14-9-6-5-7-10-14/h3-12H,1-2H2/b13-8+. The molecule has 2 rings (SSSR count). The molecule has 18 heavy (non-hydrogen) atoms. The van der Waals surface area contributed by atoms with Crippen LogP contribution in [0.15, 0.2) is 74.1 Å². The van der Waals surface area contributed by atoms with Gasteiger partial charge >= 0.3 is 0 Å². The lowest BCUT2D eigenvalue weighted by molar-refractivity contribution is 1.15. The molecule has 0 atom stereocenters. The first-order chi connectivity index (χ1) is 8.85. The first-order valence-electron chi connectivity index (χ1n) is 5.68. The van der Waals surface area contributed by atoms with Gasteiger partial charge in [0.15, 0.2) is 0 Å². The molecule has 2 heteroatoms. The number of aromatic nitrogens is 2. The summed E-state index contributed by atoms with van der Waals surface area (Å²) in [5, 5.41) is 0. The third-order valence-electron chi connectivity index (χ3n) is 2.55.